The van der Waals surface area contributed by atoms with Crippen molar-refractivity contribution in [3.05, 3.63) is 58.7 Å². The predicted molar refractivity (Wildman–Crippen MR) is 162 cm³/mol. The molecule has 0 spiro atoms. The number of rotatable bonds is 12. The number of Topliss-reactive ketones (excluding diaryl/α,β-unsaturated/α-hetero) is 1. The number of carbonyl (C=O) groups excluding carboxylic acids is 1. The molecule has 0 aliphatic rings. The van der Waals surface area contributed by atoms with Gasteiger partial charge in [0.15, 0.2) is 0 Å². The molecule has 0 bridgehead atoms. The summed E-state index contributed by atoms with van der Waals surface area (Å²) >= 11 is 6.07. The number of aliphatic hydroxyl groups is 1. The maximum absolute atomic E-state index is 11.3. The summed E-state index contributed by atoms with van der Waals surface area (Å²) in [5, 5.41) is 23.4. The zero-order chi connectivity index (χ0) is 28.4. The van der Waals surface area contributed by atoms with Crippen LogP contribution in [0.15, 0.2) is 53.1 Å². The zero-order valence-electron chi connectivity index (χ0n) is 24.4. The molecule has 5 nitrogen and oxygen atoms in total. The van der Waals surface area contributed by atoms with Crippen LogP contribution in [0.25, 0.3) is 0 Å². The minimum atomic E-state index is -0.770. The molecule has 0 saturated carbocycles. The molecule has 2 atom stereocenters. The summed E-state index contributed by atoms with van der Waals surface area (Å²) in [7, 11) is 1.75. The molecule has 6 heteroatoms. The fraction of sp³-hybridized carbons (Fsp3) is 0.645. The Morgan fingerprint density at radius 1 is 1.08 bits per heavy atom. The molecular formula is C31H57ClN2O3. The van der Waals surface area contributed by atoms with E-state index in [0.717, 1.165) is 41.9 Å². The molecule has 1 aromatic carbocycles. The van der Waals surface area contributed by atoms with E-state index < -0.39 is 5.60 Å². The van der Waals surface area contributed by atoms with Crippen LogP contribution in [0, 0.1) is 11.3 Å². The zero-order valence-corrected chi connectivity index (χ0v) is 25.2. The number of hydrogen-bond acceptors (Lipinski definition) is 5. The third-order valence-corrected chi connectivity index (χ3v) is 6.47. The summed E-state index contributed by atoms with van der Waals surface area (Å²) in [6.07, 6.45) is 7.49. The van der Waals surface area contributed by atoms with Crippen molar-refractivity contribution in [2.75, 3.05) is 13.6 Å². The fourth-order valence-electron chi connectivity index (χ4n) is 4.16. The highest BCUT2D eigenvalue weighted by Crippen LogP contribution is 2.44. The Balaban J connectivity index is -0.000000561. The van der Waals surface area contributed by atoms with Crippen molar-refractivity contribution in [2.45, 2.75) is 107 Å². The van der Waals surface area contributed by atoms with E-state index >= 15 is 0 Å². The van der Waals surface area contributed by atoms with Crippen molar-refractivity contribution in [1.82, 2.24) is 10.8 Å². The molecule has 2 unspecified atom stereocenters. The number of nitrogens with one attached hydrogen (secondary N) is 2. The Kier molecular flexibility index (Phi) is 23.2. The number of halogens is 1. The molecule has 0 aromatic heterocycles. The normalized spacial score (nSPS) is 14.3. The number of ketones is 1. The van der Waals surface area contributed by atoms with E-state index in [4.69, 9.17) is 16.8 Å². The van der Waals surface area contributed by atoms with Crippen LogP contribution in [-0.2, 0) is 4.79 Å². The smallest absolute Gasteiger partial charge is 0.143 e. The summed E-state index contributed by atoms with van der Waals surface area (Å²) in [5.41, 5.74) is 3.36. The molecule has 0 aliphatic carbocycles. The summed E-state index contributed by atoms with van der Waals surface area (Å²) in [5.74, 6) is 0.744. The van der Waals surface area contributed by atoms with Gasteiger partial charge in [0, 0.05) is 5.03 Å². The maximum Gasteiger partial charge on any atom is 0.143 e. The van der Waals surface area contributed by atoms with Crippen molar-refractivity contribution in [1.29, 1.82) is 0 Å². The molecule has 0 amide bonds. The van der Waals surface area contributed by atoms with Gasteiger partial charge in [-0.1, -0.05) is 103 Å². The lowest BCUT2D eigenvalue weighted by molar-refractivity contribution is -0.116. The van der Waals surface area contributed by atoms with Gasteiger partial charge in [0.1, 0.15) is 5.78 Å². The highest BCUT2D eigenvalue weighted by atomic mass is 35.5. The van der Waals surface area contributed by atoms with Crippen molar-refractivity contribution < 1.29 is 15.1 Å². The monoisotopic (exact) mass is 540 g/mol. The van der Waals surface area contributed by atoms with Crippen LogP contribution in [0.1, 0.15) is 107 Å². The van der Waals surface area contributed by atoms with Gasteiger partial charge in [-0.25, -0.2) is 0 Å². The molecule has 1 aromatic rings. The van der Waals surface area contributed by atoms with E-state index in [2.05, 4.69) is 45.4 Å². The Hall–Kier alpha value is -1.50. The first-order chi connectivity index (χ1) is 16.7. The second kappa shape index (κ2) is 21.4. The molecule has 0 radical (unpaired) electrons. The largest absolute Gasteiger partial charge is 0.385 e. The second-order valence-electron chi connectivity index (χ2n) is 10.4. The topological polar surface area (TPSA) is 81.6 Å². The van der Waals surface area contributed by atoms with E-state index in [1.165, 1.54) is 0 Å². The van der Waals surface area contributed by atoms with Gasteiger partial charge in [-0.3, -0.25) is 4.79 Å². The van der Waals surface area contributed by atoms with Gasteiger partial charge in [0.25, 0.3) is 0 Å². The molecule has 0 fully saturated rings. The van der Waals surface area contributed by atoms with E-state index in [1.807, 2.05) is 63.3 Å². The van der Waals surface area contributed by atoms with Gasteiger partial charge in [0.05, 0.1) is 18.2 Å². The molecular weight excluding hydrogens is 484 g/mol. The Morgan fingerprint density at radius 2 is 1.62 bits per heavy atom. The first-order valence-electron chi connectivity index (χ1n) is 13.1. The summed E-state index contributed by atoms with van der Waals surface area (Å²) < 4.78 is 0. The minimum Gasteiger partial charge on any atom is -0.385 e. The van der Waals surface area contributed by atoms with Crippen molar-refractivity contribution in [3.8, 4) is 0 Å². The third-order valence-electron chi connectivity index (χ3n) is 6.07. The SMILES string of the molecule is C.CC(NO)c1ccccc1.CCCC(O)(/C(C)=C/C=C(/Cl)CC)C(C)(C)CC(C)C.CNCC(C)=O. The van der Waals surface area contributed by atoms with Crippen LogP contribution in [0.5, 0.6) is 0 Å². The van der Waals surface area contributed by atoms with E-state index in [-0.39, 0.29) is 24.7 Å². The van der Waals surface area contributed by atoms with Crippen molar-refractivity contribution >= 4 is 17.4 Å². The average Bonchev–Trinajstić information content (AvgIpc) is 2.82. The fourth-order valence-corrected chi connectivity index (χ4v) is 4.22. The number of allylic oxidation sites excluding steroid dienone is 3. The molecule has 216 valence electrons. The highest BCUT2D eigenvalue weighted by molar-refractivity contribution is 6.29. The Bertz CT molecular complexity index is 776. The minimum absolute atomic E-state index is 0. The maximum atomic E-state index is 11.3. The Morgan fingerprint density at radius 3 is 1.97 bits per heavy atom. The van der Waals surface area contributed by atoms with Gasteiger partial charge < -0.3 is 15.6 Å². The number of hydrogen-bond donors (Lipinski definition) is 4. The number of benzene rings is 1. The summed E-state index contributed by atoms with van der Waals surface area (Å²) in [6.45, 7) is 18.9. The number of carbonyl (C=O) groups is 1. The average molecular weight is 541 g/mol. The van der Waals surface area contributed by atoms with Gasteiger partial charge in [0.2, 0.25) is 0 Å². The number of hydroxylamine groups is 1. The van der Waals surface area contributed by atoms with Gasteiger partial charge in [-0.2, -0.15) is 5.48 Å². The van der Waals surface area contributed by atoms with Crippen molar-refractivity contribution in [3.63, 3.8) is 0 Å². The van der Waals surface area contributed by atoms with Gasteiger partial charge >= 0.3 is 0 Å². The molecule has 4 N–H and O–H groups in total. The number of likely N-dealkylation sites (N-methyl/N-ethyl adjacent to an activating group) is 1. The first-order valence-corrected chi connectivity index (χ1v) is 13.4. The molecule has 1 rings (SSSR count). The van der Waals surface area contributed by atoms with E-state index in [0.29, 0.717) is 12.5 Å². The van der Waals surface area contributed by atoms with Crippen LogP contribution < -0.4 is 10.8 Å². The Labute approximate surface area is 233 Å². The van der Waals surface area contributed by atoms with Crippen molar-refractivity contribution in [2.24, 2.45) is 11.3 Å². The highest BCUT2D eigenvalue weighted by Gasteiger charge is 2.43. The molecule has 37 heavy (non-hydrogen) atoms. The summed E-state index contributed by atoms with van der Waals surface area (Å²) in [4.78, 5) is 9.98. The quantitative estimate of drug-likeness (QED) is 0.158. The van der Waals surface area contributed by atoms with E-state index in [1.54, 1.807) is 14.0 Å². The predicted octanol–water partition coefficient (Wildman–Crippen LogP) is 8.23. The summed E-state index contributed by atoms with van der Waals surface area (Å²) in [6, 6.07) is 9.79. The standard InChI is InChI=1S/C18H33ClO.C8H11NO.C4H9NO.CH4/c1-8-12-18(20,17(6,7)13-14(3)4)15(5)10-11-16(19)9-2;1-7(9-10)8-5-3-2-4-6-8;1-4(6)3-5-2;/h10-11,14,20H,8-9,12-13H2,1-7H3;2-7,9-10H,1H3;5H,3H2,1-2H3;1H4/b15-10+,16-11+;;;. The first kappa shape index (κ1) is 40.0. The van der Waals surface area contributed by atoms with Crippen LogP contribution >= 0.6 is 11.6 Å². The second-order valence-corrected chi connectivity index (χ2v) is 10.9. The van der Waals surface area contributed by atoms with E-state index in [9.17, 15) is 9.90 Å². The molecule has 0 aliphatic heterocycles. The lowest BCUT2D eigenvalue weighted by Gasteiger charge is -2.45. The molecule has 0 heterocycles. The molecule has 0 saturated heterocycles. The van der Waals surface area contributed by atoms with Gasteiger partial charge in [-0.15, -0.1) is 0 Å². The van der Waals surface area contributed by atoms with Crippen LogP contribution in [-0.4, -0.2) is 35.3 Å². The van der Waals surface area contributed by atoms with Crippen LogP contribution in [0.3, 0.4) is 0 Å². The van der Waals surface area contributed by atoms with Crippen LogP contribution in [0.2, 0.25) is 0 Å². The lowest BCUT2D eigenvalue weighted by atomic mass is 9.65. The van der Waals surface area contributed by atoms with Gasteiger partial charge in [-0.05, 0) is 75.6 Å². The lowest BCUT2D eigenvalue weighted by Crippen LogP contribution is -2.46. The van der Waals surface area contributed by atoms with Crippen LogP contribution in [0.4, 0.5) is 0 Å². The third kappa shape index (κ3) is 16.9.